The molecule has 1 N–H and O–H groups in total. The van der Waals surface area contributed by atoms with E-state index in [1.165, 1.54) is 0 Å². The van der Waals surface area contributed by atoms with Gasteiger partial charge in [0.15, 0.2) is 5.65 Å². The van der Waals surface area contributed by atoms with Crippen molar-refractivity contribution in [2.24, 2.45) is 0 Å². The molecule has 0 unspecified atom stereocenters. The van der Waals surface area contributed by atoms with Crippen LogP contribution >= 0.6 is 0 Å². The van der Waals surface area contributed by atoms with Crippen molar-refractivity contribution in [1.29, 1.82) is 0 Å². The maximum atomic E-state index is 13.8. The molecule has 0 atom stereocenters. The molecule has 3 aromatic heterocycles. The smallest absolute Gasteiger partial charge is 0.433 e. The number of alkyl halides is 3. The van der Waals surface area contributed by atoms with Gasteiger partial charge in [-0.05, 0) is 31.7 Å². The van der Waals surface area contributed by atoms with Crippen molar-refractivity contribution in [3.63, 3.8) is 0 Å². The van der Waals surface area contributed by atoms with E-state index in [0.717, 1.165) is 41.7 Å². The Kier molecular flexibility index (Phi) is 4.09. The topological polar surface area (TPSA) is 76.2 Å². The van der Waals surface area contributed by atoms with E-state index in [-0.39, 0.29) is 28.4 Å². The number of halogens is 3. The van der Waals surface area contributed by atoms with Crippen molar-refractivity contribution in [3.8, 4) is 22.6 Å². The summed E-state index contributed by atoms with van der Waals surface area (Å²) in [4.78, 5) is 22.0. The first kappa shape index (κ1) is 18.7. The fourth-order valence-corrected chi connectivity index (χ4v) is 3.97. The van der Waals surface area contributed by atoms with Gasteiger partial charge in [0.25, 0.3) is 5.56 Å². The van der Waals surface area contributed by atoms with Gasteiger partial charge in [0.05, 0.1) is 17.0 Å². The number of aromatic nitrogens is 4. The summed E-state index contributed by atoms with van der Waals surface area (Å²) in [6, 6.07) is 8.08. The highest BCUT2D eigenvalue weighted by atomic mass is 19.4. The van der Waals surface area contributed by atoms with E-state index in [1.807, 2.05) is 0 Å². The minimum Gasteiger partial charge on any atom is -0.441 e. The van der Waals surface area contributed by atoms with E-state index < -0.39 is 17.4 Å². The molecule has 0 saturated heterocycles. The molecule has 5 rings (SSSR count). The fourth-order valence-electron chi connectivity index (χ4n) is 3.97. The molecule has 1 aromatic carbocycles. The number of hydrogen-bond acceptors (Lipinski definition) is 4. The lowest BCUT2D eigenvalue weighted by Crippen LogP contribution is -2.20. The lowest BCUT2D eigenvalue weighted by molar-refractivity contribution is -0.140. The molecule has 0 aliphatic heterocycles. The van der Waals surface area contributed by atoms with Crippen molar-refractivity contribution < 1.29 is 17.6 Å². The molecule has 0 radical (unpaired) electrons. The second kappa shape index (κ2) is 6.58. The molecule has 1 aliphatic rings. The van der Waals surface area contributed by atoms with Crippen LogP contribution in [0.3, 0.4) is 0 Å². The van der Waals surface area contributed by atoms with Crippen LogP contribution in [0, 0.1) is 6.92 Å². The quantitative estimate of drug-likeness (QED) is 0.522. The van der Waals surface area contributed by atoms with E-state index in [4.69, 9.17) is 4.42 Å². The Morgan fingerprint density at radius 3 is 2.50 bits per heavy atom. The molecule has 0 fully saturated rings. The second-order valence-electron chi connectivity index (χ2n) is 7.36. The number of H-pyrrole nitrogens is 1. The number of aromatic amines is 1. The molecule has 9 heteroatoms. The van der Waals surface area contributed by atoms with Gasteiger partial charge < -0.3 is 4.42 Å². The van der Waals surface area contributed by atoms with Crippen molar-refractivity contribution in [1.82, 2.24) is 19.6 Å². The minimum atomic E-state index is -4.69. The van der Waals surface area contributed by atoms with E-state index in [1.54, 1.807) is 37.3 Å². The van der Waals surface area contributed by atoms with Gasteiger partial charge in [-0.3, -0.25) is 9.89 Å². The van der Waals surface area contributed by atoms with Gasteiger partial charge >= 0.3 is 6.18 Å². The molecule has 3 heterocycles. The number of nitrogens with one attached hydrogen (secondary N) is 1. The van der Waals surface area contributed by atoms with E-state index in [0.29, 0.717) is 5.56 Å². The highest BCUT2D eigenvalue weighted by molar-refractivity contribution is 5.81. The van der Waals surface area contributed by atoms with E-state index >= 15 is 0 Å². The van der Waals surface area contributed by atoms with Gasteiger partial charge in [0, 0.05) is 6.42 Å². The predicted octanol–water partition coefficient (Wildman–Crippen LogP) is 4.55. The first-order chi connectivity index (χ1) is 14.3. The largest absolute Gasteiger partial charge is 0.441 e. The van der Waals surface area contributed by atoms with Gasteiger partial charge in [-0.15, -0.1) is 0 Å². The third-order valence-electron chi connectivity index (χ3n) is 5.37. The number of benzene rings is 1. The summed E-state index contributed by atoms with van der Waals surface area (Å²) in [5.41, 5.74) is -0.509. The lowest BCUT2D eigenvalue weighted by Gasteiger charge is -2.07. The number of rotatable bonds is 2. The molecule has 4 aromatic rings. The van der Waals surface area contributed by atoms with Gasteiger partial charge in [0.2, 0.25) is 5.89 Å². The number of aryl methyl sites for hydroxylation is 3. The third-order valence-corrected chi connectivity index (χ3v) is 5.37. The molecular formula is C21H17F3N4O2. The third kappa shape index (κ3) is 2.84. The molecule has 154 valence electrons. The summed E-state index contributed by atoms with van der Waals surface area (Å²) in [6.45, 7) is 1.58. The summed E-state index contributed by atoms with van der Waals surface area (Å²) < 4.78 is 48.0. The number of hydrogen-bond donors (Lipinski definition) is 1. The Morgan fingerprint density at radius 2 is 1.80 bits per heavy atom. The highest BCUT2D eigenvalue weighted by Crippen LogP contribution is 2.38. The summed E-state index contributed by atoms with van der Waals surface area (Å²) in [6.07, 6.45) is -1.24. The molecule has 0 bridgehead atoms. The molecule has 0 spiro atoms. The molecule has 6 nitrogen and oxygen atoms in total. The van der Waals surface area contributed by atoms with Crippen molar-refractivity contribution in [2.45, 2.75) is 38.8 Å². The van der Waals surface area contributed by atoms with Crippen LogP contribution in [0.15, 0.2) is 39.5 Å². The summed E-state index contributed by atoms with van der Waals surface area (Å²) in [7, 11) is 0. The fraction of sp³-hybridized carbons (Fsp3) is 0.286. The van der Waals surface area contributed by atoms with E-state index in [2.05, 4.69) is 15.1 Å². The minimum absolute atomic E-state index is 0.0662. The maximum absolute atomic E-state index is 13.8. The zero-order valence-corrected chi connectivity index (χ0v) is 16.0. The van der Waals surface area contributed by atoms with Crippen LogP contribution in [0.4, 0.5) is 13.2 Å². The Hall–Kier alpha value is -3.36. The molecule has 0 amide bonds. The molecular weight excluding hydrogens is 397 g/mol. The van der Waals surface area contributed by atoms with Gasteiger partial charge in [-0.2, -0.15) is 17.7 Å². The lowest BCUT2D eigenvalue weighted by atomic mass is 10.0. The van der Waals surface area contributed by atoms with Crippen molar-refractivity contribution in [3.05, 3.63) is 63.5 Å². The van der Waals surface area contributed by atoms with Crippen LogP contribution < -0.4 is 5.56 Å². The normalized spacial score (nSPS) is 14.3. The van der Waals surface area contributed by atoms with Crippen LogP contribution in [0.5, 0.6) is 0 Å². The second-order valence-corrected chi connectivity index (χ2v) is 7.36. The monoisotopic (exact) mass is 414 g/mol. The summed E-state index contributed by atoms with van der Waals surface area (Å²) >= 11 is 0. The Balaban J connectivity index is 1.80. The standard InChI is InChI=1S/C21H17F3N4O2/c1-11-15(19-26-13-9-5-6-10-14(13)30-19)20(29)28-18(25-11)16(12-7-3-2-4-8-12)17(27-28)21(22,23)24/h2-4,7-8,27H,5-6,9-10H2,1H3. The van der Waals surface area contributed by atoms with Crippen molar-refractivity contribution in [2.75, 3.05) is 0 Å². The Morgan fingerprint density at radius 1 is 1.07 bits per heavy atom. The summed E-state index contributed by atoms with van der Waals surface area (Å²) in [5, 5.41) is 2.22. The van der Waals surface area contributed by atoms with Crippen LogP contribution in [-0.4, -0.2) is 19.6 Å². The number of fused-ring (bicyclic) bond motifs is 2. The average Bonchev–Trinajstić information content (AvgIpc) is 3.30. The van der Waals surface area contributed by atoms with Gasteiger partial charge in [-0.1, -0.05) is 30.3 Å². The molecule has 1 aliphatic carbocycles. The van der Waals surface area contributed by atoms with Crippen LogP contribution in [-0.2, 0) is 19.0 Å². The van der Waals surface area contributed by atoms with Gasteiger partial charge in [-0.25, -0.2) is 9.97 Å². The summed E-state index contributed by atoms with van der Waals surface area (Å²) in [5.74, 6) is 0.836. The van der Waals surface area contributed by atoms with Gasteiger partial charge in [0.1, 0.15) is 17.0 Å². The zero-order chi connectivity index (χ0) is 21.0. The average molecular weight is 414 g/mol. The SMILES string of the molecule is Cc1nc2c(-c3ccccc3)c(C(F)(F)F)[nH]n2c(=O)c1-c1nc2c(o1)CCCC2. The first-order valence-electron chi connectivity index (χ1n) is 9.61. The number of oxazole rings is 1. The molecule has 0 saturated carbocycles. The Bertz CT molecular complexity index is 1290. The Labute approximate surface area is 168 Å². The van der Waals surface area contributed by atoms with Crippen LogP contribution in [0.2, 0.25) is 0 Å². The highest BCUT2D eigenvalue weighted by Gasteiger charge is 2.38. The van der Waals surface area contributed by atoms with Crippen LogP contribution in [0.25, 0.3) is 28.2 Å². The van der Waals surface area contributed by atoms with Crippen LogP contribution in [0.1, 0.15) is 35.7 Å². The van der Waals surface area contributed by atoms with Crippen molar-refractivity contribution >= 4 is 5.65 Å². The maximum Gasteiger partial charge on any atom is 0.433 e. The van der Waals surface area contributed by atoms with E-state index in [9.17, 15) is 18.0 Å². The first-order valence-corrected chi connectivity index (χ1v) is 9.61. The zero-order valence-electron chi connectivity index (χ0n) is 16.0. The number of nitrogens with zero attached hydrogens (tertiary/aromatic N) is 3. The predicted molar refractivity (Wildman–Crippen MR) is 103 cm³/mol. The molecule has 30 heavy (non-hydrogen) atoms.